The lowest BCUT2D eigenvalue weighted by atomic mass is 9.79. The number of aliphatic hydroxyl groups excluding tert-OH is 1. The third-order valence-corrected chi connectivity index (χ3v) is 6.41. The van der Waals surface area contributed by atoms with Gasteiger partial charge < -0.3 is 41.4 Å². The second kappa shape index (κ2) is 12.1. The minimum absolute atomic E-state index is 0. The SMILES string of the molecule is CCOC(=O)C1=C(C[N+](C)(C)CCO)Nc2ccnc(OC(C)C)c2C1c1cccc2ccccc12.[Br-]. The van der Waals surface area contributed by atoms with Crippen molar-refractivity contribution in [3.05, 3.63) is 77.1 Å². The van der Waals surface area contributed by atoms with Crippen molar-refractivity contribution in [2.24, 2.45) is 0 Å². The van der Waals surface area contributed by atoms with Crippen LogP contribution in [0.1, 0.15) is 37.8 Å². The van der Waals surface area contributed by atoms with Crippen molar-refractivity contribution in [1.29, 1.82) is 0 Å². The molecule has 0 spiro atoms. The third kappa shape index (κ3) is 6.14. The van der Waals surface area contributed by atoms with Crippen LogP contribution in [0.25, 0.3) is 10.8 Å². The quantitative estimate of drug-likeness (QED) is 0.300. The number of rotatable bonds is 9. The Labute approximate surface area is 229 Å². The molecule has 0 radical (unpaired) electrons. The van der Waals surface area contributed by atoms with E-state index in [2.05, 4.69) is 34.6 Å². The molecule has 1 atom stereocenters. The van der Waals surface area contributed by atoms with Gasteiger partial charge in [-0.2, -0.15) is 0 Å². The van der Waals surface area contributed by atoms with Crippen molar-refractivity contribution in [1.82, 2.24) is 4.98 Å². The molecular weight excluding hydrogens is 534 g/mol. The Hall–Kier alpha value is -2.94. The van der Waals surface area contributed by atoms with Crippen molar-refractivity contribution in [2.75, 3.05) is 45.7 Å². The molecule has 3 aromatic rings. The van der Waals surface area contributed by atoms with Gasteiger partial charge in [0.15, 0.2) is 0 Å². The summed E-state index contributed by atoms with van der Waals surface area (Å²) in [5, 5.41) is 15.3. The zero-order valence-corrected chi connectivity index (χ0v) is 23.7. The molecule has 4 rings (SSSR count). The van der Waals surface area contributed by atoms with E-state index in [0.29, 0.717) is 29.0 Å². The average Bonchev–Trinajstić information content (AvgIpc) is 2.82. The van der Waals surface area contributed by atoms with Gasteiger partial charge in [-0.1, -0.05) is 42.5 Å². The number of nitrogens with one attached hydrogen (secondary N) is 1. The van der Waals surface area contributed by atoms with E-state index < -0.39 is 5.92 Å². The smallest absolute Gasteiger partial charge is 0.336 e. The molecule has 1 aliphatic heterocycles. The predicted octanol–water partition coefficient (Wildman–Crippen LogP) is 1.47. The molecule has 0 saturated carbocycles. The number of hydrogen-bond donors (Lipinski definition) is 2. The molecule has 8 heteroatoms. The average molecular weight is 571 g/mol. The first-order valence-electron chi connectivity index (χ1n) is 12.5. The molecule has 198 valence electrons. The fourth-order valence-electron chi connectivity index (χ4n) is 4.87. The molecule has 0 fully saturated rings. The first-order chi connectivity index (χ1) is 17.3. The van der Waals surface area contributed by atoms with Gasteiger partial charge in [0.1, 0.15) is 13.1 Å². The minimum Gasteiger partial charge on any atom is -1.00 e. The fraction of sp³-hybridized carbons (Fsp3) is 0.379. The standard InChI is InChI=1S/C29H35N3O4.BrH/c1-6-35-29(34)27-24(18-32(4,5)16-17-33)31-23-14-15-30-28(36-19(2)3)26(23)25(27)22-13-9-11-20-10-7-8-12-21(20)22;/h7-15,19,25,33H,6,16-18H2,1-5H3;1H. The van der Waals surface area contributed by atoms with E-state index in [4.69, 9.17) is 9.47 Å². The van der Waals surface area contributed by atoms with Crippen LogP contribution in [0.2, 0.25) is 0 Å². The number of fused-ring (bicyclic) bond motifs is 2. The summed E-state index contributed by atoms with van der Waals surface area (Å²) in [5.74, 6) is -0.317. The minimum atomic E-state index is -0.446. The van der Waals surface area contributed by atoms with E-state index in [1.54, 1.807) is 6.20 Å². The summed E-state index contributed by atoms with van der Waals surface area (Å²) >= 11 is 0. The van der Waals surface area contributed by atoms with Crippen LogP contribution in [-0.2, 0) is 9.53 Å². The molecule has 2 aromatic carbocycles. The fourth-order valence-corrected chi connectivity index (χ4v) is 4.87. The van der Waals surface area contributed by atoms with E-state index in [1.165, 1.54) is 0 Å². The van der Waals surface area contributed by atoms with Crippen molar-refractivity contribution in [3.63, 3.8) is 0 Å². The summed E-state index contributed by atoms with van der Waals surface area (Å²) in [6.45, 7) is 7.12. The maximum atomic E-state index is 13.7. The zero-order valence-electron chi connectivity index (χ0n) is 22.1. The number of aromatic nitrogens is 1. The van der Waals surface area contributed by atoms with Crippen molar-refractivity contribution in [2.45, 2.75) is 32.8 Å². The number of pyridine rings is 1. The molecule has 2 heterocycles. The lowest BCUT2D eigenvalue weighted by molar-refractivity contribution is -0.885. The van der Waals surface area contributed by atoms with Gasteiger partial charge in [0.05, 0.1) is 50.6 Å². The Morgan fingerprint density at radius 1 is 1.14 bits per heavy atom. The largest absolute Gasteiger partial charge is 1.00 e. The van der Waals surface area contributed by atoms with Crippen molar-refractivity contribution in [3.8, 4) is 5.88 Å². The highest BCUT2D eigenvalue weighted by molar-refractivity contribution is 5.98. The number of carbonyl (C=O) groups excluding carboxylic acids is 1. The summed E-state index contributed by atoms with van der Waals surface area (Å²) in [7, 11) is 4.08. The Balaban J connectivity index is 0.00000380. The van der Waals surface area contributed by atoms with Gasteiger partial charge >= 0.3 is 5.97 Å². The van der Waals surface area contributed by atoms with Gasteiger partial charge in [-0.3, -0.25) is 0 Å². The molecule has 1 aliphatic rings. The van der Waals surface area contributed by atoms with Crippen LogP contribution in [0.15, 0.2) is 66.0 Å². The number of esters is 1. The summed E-state index contributed by atoms with van der Waals surface area (Å²) in [6.07, 6.45) is 1.64. The summed E-state index contributed by atoms with van der Waals surface area (Å²) in [4.78, 5) is 18.3. The zero-order chi connectivity index (χ0) is 25.9. The summed E-state index contributed by atoms with van der Waals surface area (Å²) < 4.78 is 12.3. The van der Waals surface area contributed by atoms with Crippen LogP contribution in [0.4, 0.5) is 5.69 Å². The number of halogens is 1. The maximum absolute atomic E-state index is 13.7. The first kappa shape index (κ1) is 28.6. The van der Waals surface area contributed by atoms with Crippen LogP contribution in [0, 0.1) is 0 Å². The second-order valence-corrected chi connectivity index (χ2v) is 10.0. The Morgan fingerprint density at radius 3 is 2.57 bits per heavy atom. The predicted molar refractivity (Wildman–Crippen MR) is 142 cm³/mol. The number of nitrogens with zero attached hydrogens (tertiary/aromatic N) is 2. The number of benzene rings is 2. The third-order valence-electron chi connectivity index (χ3n) is 6.41. The first-order valence-corrected chi connectivity index (χ1v) is 12.5. The maximum Gasteiger partial charge on any atom is 0.336 e. The van der Waals surface area contributed by atoms with Gasteiger partial charge in [0.25, 0.3) is 0 Å². The summed E-state index contributed by atoms with van der Waals surface area (Å²) in [6, 6.07) is 16.3. The highest BCUT2D eigenvalue weighted by Gasteiger charge is 2.39. The summed E-state index contributed by atoms with van der Waals surface area (Å²) in [5.41, 5.74) is 3.99. The van der Waals surface area contributed by atoms with Gasteiger partial charge in [-0.15, -0.1) is 0 Å². The number of aliphatic hydroxyl groups is 1. The monoisotopic (exact) mass is 569 g/mol. The molecule has 0 amide bonds. The van der Waals surface area contributed by atoms with Crippen molar-refractivity contribution < 1.29 is 40.8 Å². The highest BCUT2D eigenvalue weighted by Crippen LogP contribution is 2.47. The normalized spacial score (nSPS) is 15.2. The molecular formula is C29H36BrN3O4. The molecule has 1 unspecified atom stereocenters. The topological polar surface area (TPSA) is 80.7 Å². The Morgan fingerprint density at radius 2 is 1.86 bits per heavy atom. The van der Waals surface area contributed by atoms with E-state index in [-0.39, 0.29) is 42.3 Å². The molecule has 37 heavy (non-hydrogen) atoms. The molecule has 1 aromatic heterocycles. The van der Waals surface area contributed by atoms with Crippen LogP contribution in [0.3, 0.4) is 0 Å². The highest BCUT2D eigenvalue weighted by atomic mass is 79.9. The van der Waals surface area contributed by atoms with Crippen LogP contribution < -0.4 is 27.0 Å². The number of likely N-dealkylation sites (N-methyl/N-ethyl adjacent to an activating group) is 1. The number of hydrogen-bond acceptors (Lipinski definition) is 6. The van der Waals surface area contributed by atoms with Crippen molar-refractivity contribution >= 4 is 22.4 Å². The van der Waals surface area contributed by atoms with Crippen LogP contribution >= 0.6 is 0 Å². The van der Waals surface area contributed by atoms with E-state index >= 15 is 0 Å². The molecule has 2 N–H and O–H groups in total. The van der Waals surface area contributed by atoms with Gasteiger partial charge in [0.2, 0.25) is 5.88 Å². The molecule has 7 nitrogen and oxygen atoms in total. The van der Waals surface area contributed by atoms with Gasteiger partial charge in [-0.25, -0.2) is 9.78 Å². The number of ether oxygens (including phenoxy) is 2. The Bertz CT molecular complexity index is 1280. The lowest BCUT2D eigenvalue weighted by Gasteiger charge is -2.36. The van der Waals surface area contributed by atoms with Gasteiger partial charge in [-0.05, 0) is 43.2 Å². The lowest BCUT2D eigenvalue weighted by Crippen LogP contribution is -3.00. The number of quaternary nitrogens is 1. The number of anilines is 1. The van der Waals surface area contributed by atoms with E-state index in [9.17, 15) is 9.90 Å². The number of carbonyl (C=O) groups is 1. The second-order valence-electron chi connectivity index (χ2n) is 10.0. The molecule has 0 aliphatic carbocycles. The van der Waals surface area contributed by atoms with Gasteiger partial charge in [0, 0.05) is 17.4 Å². The molecule has 0 bridgehead atoms. The molecule has 0 saturated heterocycles. The van der Waals surface area contributed by atoms with Crippen LogP contribution in [0.5, 0.6) is 5.88 Å². The van der Waals surface area contributed by atoms with Crippen LogP contribution in [-0.4, -0.2) is 67.0 Å². The van der Waals surface area contributed by atoms with E-state index in [1.807, 2.05) is 59.1 Å². The Kier molecular flexibility index (Phi) is 9.34. The van der Waals surface area contributed by atoms with E-state index in [0.717, 1.165) is 33.3 Å².